The van der Waals surface area contributed by atoms with Crippen LogP contribution < -0.4 is 19.5 Å². The number of anilines is 2. The molecule has 3 rings (SSSR count). The highest BCUT2D eigenvalue weighted by Crippen LogP contribution is 2.24. The molecule has 8 heteroatoms. The van der Waals surface area contributed by atoms with Gasteiger partial charge in [0.1, 0.15) is 11.5 Å². The van der Waals surface area contributed by atoms with Crippen molar-refractivity contribution in [3.05, 3.63) is 77.4 Å². The Kier molecular flexibility index (Phi) is 6.50. The lowest BCUT2D eigenvalue weighted by Crippen LogP contribution is -2.15. The minimum absolute atomic E-state index is 0.0921. The van der Waals surface area contributed by atoms with Gasteiger partial charge < -0.3 is 14.8 Å². The molecule has 0 aliphatic carbocycles. The lowest BCUT2D eigenvalue weighted by Gasteiger charge is -2.12. The van der Waals surface area contributed by atoms with E-state index in [1.807, 2.05) is 26.0 Å². The van der Waals surface area contributed by atoms with Crippen LogP contribution in [0.3, 0.4) is 0 Å². The Labute approximate surface area is 182 Å². The molecule has 0 radical (unpaired) electrons. The number of aryl methyl sites for hydroxylation is 2. The minimum Gasteiger partial charge on any atom is -0.497 e. The van der Waals surface area contributed by atoms with E-state index in [1.165, 1.54) is 38.5 Å². The van der Waals surface area contributed by atoms with Gasteiger partial charge in [-0.25, -0.2) is 8.42 Å². The van der Waals surface area contributed by atoms with Gasteiger partial charge in [-0.05, 0) is 67.4 Å². The smallest absolute Gasteiger partial charge is 0.261 e. The number of nitrogens with one attached hydrogen (secondary N) is 2. The van der Waals surface area contributed by atoms with Gasteiger partial charge in [0.2, 0.25) is 0 Å². The predicted octanol–water partition coefficient (Wildman–Crippen LogP) is 4.37. The van der Waals surface area contributed by atoms with Crippen molar-refractivity contribution >= 4 is 27.3 Å². The lowest BCUT2D eigenvalue weighted by atomic mass is 10.1. The quantitative estimate of drug-likeness (QED) is 0.569. The molecule has 3 aromatic rings. The van der Waals surface area contributed by atoms with Crippen LogP contribution in [0, 0.1) is 13.8 Å². The highest BCUT2D eigenvalue weighted by atomic mass is 32.2. The molecular weight excluding hydrogens is 416 g/mol. The number of rotatable bonds is 7. The summed E-state index contributed by atoms with van der Waals surface area (Å²) in [5.41, 5.74) is 3.12. The first-order chi connectivity index (χ1) is 14.7. The zero-order chi connectivity index (χ0) is 22.6. The summed E-state index contributed by atoms with van der Waals surface area (Å²) in [6.07, 6.45) is 0. The third-order valence-electron chi connectivity index (χ3n) is 4.67. The maximum Gasteiger partial charge on any atom is 0.261 e. The summed E-state index contributed by atoms with van der Waals surface area (Å²) in [5, 5.41) is 2.74. The molecule has 2 N–H and O–H groups in total. The first-order valence-corrected chi connectivity index (χ1v) is 10.9. The maximum atomic E-state index is 12.7. The van der Waals surface area contributed by atoms with Crippen LogP contribution in [-0.2, 0) is 10.0 Å². The summed E-state index contributed by atoms with van der Waals surface area (Å²) in [7, 11) is -0.760. The normalized spacial score (nSPS) is 11.0. The molecule has 162 valence electrons. The average molecular weight is 441 g/mol. The van der Waals surface area contributed by atoms with Gasteiger partial charge in [-0.1, -0.05) is 12.1 Å². The van der Waals surface area contributed by atoms with E-state index in [0.29, 0.717) is 28.4 Å². The molecule has 0 aliphatic rings. The van der Waals surface area contributed by atoms with E-state index in [9.17, 15) is 13.2 Å². The predicted molar refractivity (Wildman–Crippen MR) is 121 cm³/mol. The van der Waals surface area contributed by atoms with E-state index in [2.05, 4.69) is 10.0 Å². The average Bonchev–Trinajstić information content (AvgIpc) is 2.76. The summed E-state index contributed by atoms with van der Waals surface area (Å²) < 4.78 is 38.4. The van der Waals surface area contributed by atoms with Crippen LogP contribution in [0.5, 0.6) is 11.5 Å². The van der Waals surface area contributed by atoms with Crippen molar-refractivity contribution in [2.45, 2.75) is 18.7 Å². The fourth-order valence-corrected chi connectivity index (χ4v) is 4.03. The van der Waals surface area contributed by atoms with Gasteiger partial charge in [0.25, 0.3) is 15.9 Å². The van der Waals surface area contributed by atoms with Gasteiger partial charge in [-0.3, -0.25) is 9.52 Å². The Balaban J connectivity index is 1.77. The number of ether oxygens (including phenoxy) is 2. The first-order valence-electron chi connectivity index (χ1n) is 9.46. The molecule has 0 saturated heterocycles. The number of amides is 1. The molecule has 0 spiro atoms. The SMILES string of the molecule is COc1cc(OC)cc(C(=O)Nc2ccc(S(=O)(=O)Nc3cc(C)ccc3C)cc2)c1. The van der Waals surface area contributed by atoms with Crippen LogP contribution in [-0.4, -0.2) is 28.5 Å². The topological polar surface area (TPSA) is 93.7 Å². The Morgan fingerprint density at radius 1 is 0.839 bits per heavy atom. The molecule has 0 saturated carbocycles. The van der Waals surface area contributed by atoms with E-state index >= 15 is 0 Å². The largest absolute Gasteiger partial charge is 0.497 e. The van der Waals surface area contributed by atoms with Gasteiger partial charge >= 0.3 is 0 Å². The molecule has 0 aromatic heterocycles. The number of carbonyl (C=O) groups excluding carboxylic acids is 1. The number of hydrogen-bond donors (Lipinski definition) is 2. The van der Waals surface area contributed by atoms with Gasteiger partial charge in [-0.15, -0.1) is 0 Å². The Bertz CT molecular complexity index is 1180. The highest BCUT2D eigenvalue weighted by Gasteiger charge is 2.16. The molecule has 7 nitrogen and oxygen atoms in total. The Hall–Kier alpha value is -3.52. The van der Waals surface area contributed by atoms with Crippen molar-refractivity contribution in [3.63, 3.8) is 0 Å². The van der Waals surface area contributed by atoms with Crippen LogP contribution >= 0.6 is 0 Å². The third-order valence-corrected chi connectivity index (χ3v) is 6.05. The monoisotopic (exact) mass is 440 g/mol. The van der Waals surface area contributed by atoms with Gasteiger partial charge in [-0.2, -0.15) is 0 Å². The van der Waals surface area contributed by atoms with Crippen LogP contribution in [0.2, 0.25) is 0 Å². The second-order valence-electron chi connectivity index (χ2n) is 7.00. The molecule has 3 aromatic carbocycles. The Morgan fingerprint density at radius 3 is 2.03 bits per heavy atom. The van der Waals surface area contributed by atoms with E-state index in [0.717, 1.165) is 11.1 Å². The van der Waals surface area contributed by atoms with Crippen LogP contribution in [0.15, 0.2) is 65.6 Å². The number of carbonyl (C=O) groups is 1. The van der Waals surface area contributed by atoms with Crippen molar-refractivity contribution in [1.29, 1.82) is 0 Å². The van der Waals surface area contributed by atoms with E-state index in [1.54, 1.807) is 24.3 Å². The second-order valence-corrected chi connectivity index (χ2v) is 8.69. The number of methoxy groups -OCH3 is 2. The van der Waals surface area contributed by atoms with Crippen LogP contribution in [0.1, 0.15) is 21.5 Å². The van der Waals surface area contributed by atoms with Crippen LogP contribution in [0.4, 0.5) is 11.4 Å². The lowest BCUT2D eigenvalue weighted by molar-refractivity contribution is 0.102. The molecule has 0 heterocycles. The molecule has 0 atom stereocenters. The number of sulfonamides is 1. The summed E-state index contributed by atoms with van der Waals surface area (Å²) >= 11 is 0. The zero-order valence-electron chi connectivity index (χ0n) is 17.7. The molecular formula is C23H24N2O5S. The van der Waals surface area contributed by atoms with E-state index < -0.39 is 10.0 Å². The molecule has 0 aliphatic heterocycles. The number of benzene rings is 3. The summed E-state index contributed by atoms with van der Waals surface area (Å²) in [6.45, 7) is 3.73. The zero-order valence-corrected chi connectivity index (χ0v) is 18.5. The maximum absolute atomic E-state index is 12.7. The summed E-state index contributed by atoms with van der Waals surface area (Å²) in [6, 6.07) is 16.4. The van der Waals surface area contributed by atoms with Gasteiger partial charge in [0, 0.05) is 17.3 Å². The Morgan fingerprint density at radius 2 is 1.45 bits per heavy atom. The van der Waals surface area contributed by atoms with Crippen molar-refractivity contribution in [2.24, 2.45) is 0 Å². The molecule has 0 bridgehead atoms. The van der Waals surface area contributed by atoms with Crippen molar-refractivity contribution in [2.75, 3.05) is 24.3 Å². The third kappa shape index (κ3) is 5.35. The molecule has 31 heavy (non-hydrogen) atoms. The number of hydrogen-bond acceptors (Lipinski definition) is 5. The van der Waals surface area contributed by atoms with Crippen molar-refractivity contribution in [1.82, 2.24) is 0 Å². The van der Waals surface area contributed by atoms with Gasteiger partial charge in [0.05, 0.1) is 24.8 Å². The van der Waals surface area contributed by atoms with E-state index in [-0.39, 0.29) is 10.8 Å². The van der Waals surface area contributed by atoms with Crippen molar-refractivity contribution in [3.8, 4) is 11.5 Å². The highest BCUT2D eigenvalue weighted by molar-refractivity contribution is 7.92. The summed E-state index contributed by atoms with van der Waals surface area (Å²) in [5.74, 6) is 0.605. The van der Waals surface area contributed by atoms with Crippen LogP contribution in [0.25, 0.3) is 0 Å². The first kappa shape index (κ1) is 22.2. The van der Waals surface area contributed by atoms with Crippen molar-refractivity contribution < 1.29 is 22.7 Å². The standard InChI is InChI=1S/C23H24N2O5S/c1-15-5-6-16(2)22(11-15)25-31(27,28)21-9-7-18(8-10-21)24-23(26)17-12-19(29-3)14-20(13-17)30-4/h5-14,25H,1-4H3,(H,24,26). The van der Waals surface area contributed by atoms with E-state index in [4.69, 9.17) is 9.47 Å². The fourth-order valence-electron chi connectivity index (χ4n) is 2.91. The summed E-state index contributed by atoms with van der Waals surface area (Å²) in [4.78, 5) is 12.7. The minimum atomic E-state index is -3.76. The molecule has 0 unspecified atom stereocenters. The second kappa shape index (κ2) is 9.09. The molecule has 0 fully saturated rings. The molecule has 1 amide bonds. The fraction of sp³-hybridized carbons (Fsp3) is 0.174. The van der Waals surface area contributed by atoms with Gasteiger partial charge in [0.15, 0.2) is 0 Å².